The van der Waals surface area contributed by atoms with Crippen LogP contribution in [-0.4, -0.2) is 35.5 Å². The largest absolute Gasteiger partial charge is 0.338 e. The normalized spacial score (nSPS) is 18.2. The molecule has 22 heavy (non-hydrogen) atoms. The Balaban J connectivity index is 1.92. The Bertz CT molecular complexity index is 662. The fraction of sp³-hybridized carbons (Fsp3) is 0.471. The number of hydrazone groups is 1. The maximum absolute atomic E-state index is 12.5. The number of hydrogen-bond acceptors (Lipinski definition) is 3. The molecule has 1 fully saturated rings. The number of benzene rings is 1. The van der Waals surface area contributed by atoms with E-state index in [1.807, 2.05) is 39.1 Å². The lowest BCUT2D eigenvalue weighted by Gasteiger charge is -2.26. The van der Waals surface area contributed by atoms with Crippen molar-refractivity contribution < 1.29 is 9.59 Å². The Kier molecular flexibility index (Phi) is 3.72. The van der Waals surface area contributed by atoms with Crippen molar-refractivity contribution in [3.63, 3.8) is 0 Å². The van der Waals surface area contributed by atoms with Gasteiger partial charge in [-0.2, -0.15) is 5.10 Å². The third-order valence-corrected chi connectivity index (χ3v) is 4.29. The molecular formula is C17H21N3O2. The lowest BCUT2D eigenvalue weighted by Crippen LogP contribution is -2.41. The number of amides is 2. The molecule has 1 saturated carbocycles. The van der Waals surface area contributed by atoms with Crippen LogP contribution in [0.4, 0.5) is 5.69 Å². The fourth-order valence-electron chi connectivity index (χ4n) is 2.67. The average molecular weight is 299 g/mol. The number of hydrogen-bond donors (Lipinski definition) is 0. The fourth-order valence-corrected chi connectivity index (χ4v) is 2.67. The molecule has 1 aliphatic heterocycles. The van der Waals surface area contributed by atoms with E-state index in [2.05, 4.69) is 5.10 Å². The number of carbonyl (C=O) groups is 2. The third kappa shape index (κ3) is 2.75. The van der Waals surface area contributed by atoms with Gasteiger partial charge in [0.15, 0.2) is 0 Å². The quantitative estimate of drug-likeness (QED) is 0.860. The van der Waals surface area contributed by atoms with Crippen molar-refractivity contribution in [2.75, 3.05) is 12.1 Å². The second-order valence-electron chi connectivity index (χ2n) is 6.19. The summed E-state index contributed by atoms with van der Waals surface area (Å²) in [5, 5.41) is 5.78. The van der Waals surface area contributed by atoms with Gasteiger partial charge in [-0.3, -0.25) is 9.59 Å². The Morgan fingerprint density at radius 3 is 2.68 bits per heavy atom. The summed E-state index contributed by atoms with van der Waals surface area (Å²) in [5.41, 5.74) is 3.29. The minimum Gasteiger partial charge on any atom is -0.338 e. The zero-order valence-corrected chi connectivity index (χ0v) is 13.3. The van der Waals surface area contributed by atoms with Crippen LogP contribution >= 0.6 is 0 Å². The molecule has 1 aromatic carbocycles. The zero-order chi connectivity index (χ0) is 15.9. The first kappa shape index (κ1) is 14.8. The lowest BCUT2D eigenvalue weighted by atomic mass is 10.1. The highest BCUT2D eigenvalue weighted by Crippen LogP contribution is 2.28. The highest BCUT2D eigenvalue weighted by atomic mass is 16.2. The summed E-state index contributed by atoms with van der Waals surface area (Å²) in [7, 11) is 1.82. The Labute approximate surface area is 130 Å². The van der Waals surface area contributed by atoms with Crippen molar-refractivity contribution in [3.05, 3.63) is 29.3 Å². The number of carbonyl (C=O) groups excluding carboxylic acids is 2. The summed E-state index contributed by atoms with van der Waals surface area (Å²) in [4.78, 5) is 26.5. The van der Waals surface area contributed by atoms with Crippen LogP contribution in [-0.2, 0) is 9.59 Å². The van der Waals surface area contributed by atoms with E-state index in [4.69, 9.17) is 0 Å². The van der Waals surface area contributed by atoms with Gasteiger partial charge >= 0.3 is 0 Å². The molecule has 0 bridgehead atoms. The molecule has 2 amide bonds. The minimum absolute atomic E-state index is 0.0506. The monoisotopic (exact) mass is 299 g/mol. The predicted molar refractivity (Wildman–Crippen MR) is 85.9 cm³/mol. The molecule has 116 valence electrons. The molecule has 2 aliphatic rings. The van der Waals surface area contributed by atoms with Gasteiger partial charge in [0, 0.05) is 25.9 Å². The molecule has 1 heterocycles. The van der Waals surface area contributed by atoms with Crippen LogP contribution < -0.4 is 5.01 Å². The van der Waals surface area contributed by atoms with Crippen LogP contribution in [0, 0.1) is 13.8 Å². The van der Waals surface area contributed by atoms with Gasteiger partial charge < -0.3 is 4.90 Å². The van der Waals surface area contributed by atoms with Crippen LogP contribution in [0.15, 0.2) is 23.3 Å². The number of aryl methyl sites for hydroxylation is 2. The summed E-state index contributed by atoms with van der Waals surface area (Å²) in [6.07, 6.45) is 2.89. The second-order valence-corrected chi connectivity index (χ2v) is 6.19. The highest BCUT2D eigenvalue weighted by Gasteiger charge is 2.34. The second kappa shape index (κ2) is 5.55. The molecule has 0 atom stereocenters. The maximum Gasteiger partial charge on any atom is 0.270 e. The van der Waals surface area contributed by atoms with Crippen LogP contribution in [0.25, 0.3) is 0 Å². The first-order chi connectivity index (χ1) is 10.5. The Morgan fingerprint density at radius 1 is 1.27 bits per heavy atom. The van der Waals surface area contributed by atoms with Crippen molar-refractivity contribution >= 4 is 23.2 Å². The van der Waals surface area contributed by atoms with E-state index >= 15 is 0 Å². The molecule has 1 aromatic rings. The van der Waals surface area contributed by atoms with E-state index in [9.17, 15) is 9.59 Å². The van der Waals surface area contributed by atoms with E-state index < -0.39 is 0 Å². The number of nitrogens with zero attached hydrogens (tertiary/aromatic N) is 3. The van der Waals surface area contributed by atoms with E-state index in [0.717, 1.165) is 29.7 Å². The highest BCUT2D eigenvalue weighted by molar-refractivity contribution is 6.40. The molecule has 0 N–H and O–H groups in total. The van der Waals surface area contributed by atoms with Gasteiger partial charge in [-0.25, -0.2) is 5.01 Å². The minimum atomic E-state index is -0.0562. The zero-order valence-electron chi connectivity index (χ0n) is 13.3. The molecule has 0 aromatic heterocycles. The first-order valence-electron chi connectivity index (χ1n) is 7.72. The van der Waals surface area contributed by atoms with Gasteiger partial charge in [0.1, 0.15) is 5.71 Å². The number of anilines is 1. The van der Waals surface area contributed by atoms with Crippen LogP contribution in [0.5, 0.6) is 0 Å². The van der Waals surface area contributed by atoms with Crippen LogP contribution in [0.2, 0.25) is 0 Å². The van der Waals surface area contributed by atoms with Crippen molar-refractivity contribution in [2.45, 2.75) is 45.6 Å². The molecule has 0 unspecified atom stereocenters. The average Bonchev–Trinajstić information content (AvgIpc) is 3.34. The molecule has 0 radical (unpaired) electrons. The topological polar surface area (TPSA) is 53.0 Å². The van der Waals surface area contributed by atoms with Gasteiger partial charge in [-0.1, -0.05) is 12.1 Å². The first-order valence-corrected chi connectivity index (χ1v) is 7.72. The summed E-state index contributed by atoms with van der Waals surface area (Å²) in [6, 6.07) is 6.26. The van der Waals surface area contributed by atoms with E-state index in [1.54, 1.807) is 4.90 Å². The molecule has 5 heteroatoms. The summed E-state index contributed by atoms with van der Waals surface area (Å²) >= 11 is 0. The Hall–Kier alpha value is -2.17. The molecule has 1 aliphatic carbocycles. The van der Waals surface area contributed by atoms with Crippen LogP contribution in [0.1, 0.15) is 36.8 Å². The maximum atomic E-state index is 12.5. The van der Waals surface area contributed by atoms with E-state index in [1.165, 1.54) is 5.01 Å². The molecule has 5 nitrogen and oxygen atoms in total. The third-order valence-electron chi connectivity index (χ3n) is 4.29. The predicted octanol–water partition coefficient (Wildman–Crippen LogP) is 2.41. The summed E-state index contributed by atoms with van der Waals surface area (Å²) in [6.45, 7) is 3.93. The summed E-state index contributed by atoms with van der Waals surface area (Å²) in [5.74, 6) is -0.107. The Morgan fingerprint density at radius 2 is 2.00 bits per heavy atom. The van der Waals surface area contributed by atoms with Gasteiger partial charge in [0.25, 0.3) is 5.91 Å². The molecule has 3 rings (SSSR count). The lowest BCUT2D eigenvalue weighted by molar-refractivity contribution is -0.123. The van der Waals surface area contributed by atoms with Gasteiger partial charge in [0.05, 0.1) is 5.69 Å². The van der Waals surface area contributed by atoms with E-state index in [-0.39, 0.29) is 11.8 Å². The molecule has 0 spiro atoms. The van der Waals surface area contributed by atoms with Crippen molar-refractivity contribution in [2.24, 2.45) is 5.10 Å². The van der Waals surface area contributed by atoms with Crippen molar-refractivity contribution in [1.82, 2.24) is 4.90 Å². The SMILES string of the molecule is Cc1ccc(C)c(N2N=C(C(=O)N(C)C3CC3)CCC2=O)c1. The van der Waals surface area contributed by atoms with Gasteiger partial charge in [-0.05, 0) is 43.9 Å². The number of rotatable bonds is 3. The van der Waals surface area contributed by atoms with Crippen molar-refractivity contribution in [3.8, 4) is 0 Å². The van der Waals surface area contributed by atoms with Gasteiger partial charge in [-0.15, -0.1) is 0 Å². The smallest absolute Gasteiger partial charge is 0.270 e. The molecule has 0 saturated heterocycles. The summed E-state index contributed by atoms with van der Waals surface area (Å²) < 4.78 is 0. The molecular weight excluding hydrogens is 278 g/mol. The van der Waals surface area contributed by atoms with Crippen LogP contribution in [0.3, 0.4) is 0 Å². The standard InChI is InChI=1S/C17H21N3O2/c1-11-4-5-12(2)15(10-11)20-16(21)9-8-14(18-20)17(22)19(3)13-6-7-13/h4-5,10,13H,6-9H2,1-3H3. The van der Waals surface area contributed by atoms with E-state index in [0.29, 0.717) is 24.6 Å². The van der Waals surface area contributed by atoms with Crippen molar-refractivity contribution in [1.29, 1.82) is 0 Å². The van der Waals surface area contributed by atoms with Gasteiger partial charge in [0.2, 0.25) is 5.91 Å².